The number of hydrogen-bond acceptors (Lipinski definition) is 5. The number of carboxylic acid groups (broad SMARTS) is 1. The minimum Gasteiger partial charge on any atom is -0.497 e. The first-order valence-corrected chi connectivity index (χ1v) is 8.95. The fourth-order valence-corrected chi connectivity index (χ4v) is 3.42. The second-order valence-corrected chi connectivity index (χ2v) is 7.22. The van der Waals surface area contributed by atoms with Gasteiger partial charge in [0, 0.05) is 18.2 Å². The number of hydrogen-bond donors (Lipinski definition) is 1. The van der Waals surface area contributed by atoms with Crippen molar-refractivity contribution < 1.29 is 19.4 Å². The van der Waals surface area contributed by atoms with Crippen LogP contribution in [0.5, 0.6) is 5.75 Å². The summed E-state index contributed by atoms with van der Waals surface area (Å²) in [6.45, 7) is 1.86. The van der Waals surface area contributed by atoms with Crippen molar-refractivity contribution in [3.05, 3.63) is 35.3 Å². The zero-order valence-electron chi connectivity index (χ0n) is 14.1. The van der Waals surface area contributed by atoms with Gasteiger partial charge in [-0.1, -0.05) is 6.92 Å². The number of nitrogens with zero attached hydrogens (tertiary/aromatic N) is 2. The van der Waals surface area contributed by atoms with Gasteiger partial charge in [-0.15, -0.1) is 11.3 Å². The molecule has 1 amide bonds. The van der Waals surface area contributed by atoms with Crippen molar-refractivity contribution in [1.29, 1.82) is 0 Å². The smallest absolute Gasteiger partial charge is 0.308 e. The average molecular weight is 360 g/mol. The molecule has 1 unspecified atom stereocenters. The Bertz CT molecular complexity index is 768. The standard InChI is InChI=1S/C18H20N2O4S/c1-11(18(22)23)10-20(13-5-6-13)17(21)15-9-19-16(25-15)12-3-7-14(24-2)8-4-12/h3-4,7-9,11,13H,5-6,10H2,1-2H3,(H,22,23). The van der Waals surface area contributed by atoms with Crippen LogP contribution in [0.25, 0.3) is 10.6 Å². The number of carbonyl (C=O) groups excluding carboxylic acids is 1. The highest BCUT2D eigenvalue weighted by Gasteiger charge is 2.35. The molecular weight excluding hydrogens is 340 g/mol. The van der Waals surface area contributed by atoms with Crippen LogP contribution in [-0.4, -0.2) is 46.6 Å². The summed E-state index contributed by atoms with van der Waals surface area (Å²) in [6, 6.07) is 7.65. The first-order chi connectivity index (χ1) is 12.0. The van der Waals surface area contributed by atoms with Crippen LogP contribution in [-0.2, 0) is 4.79 Å². The number of benzene rings is 1. The molecule has 1 saturated carbocycles. The van der Waals surface area contributed by atoms with Crippen LogP contribution < -0.4 is 4.74 Å². The van der Waals surface area contributed by atoms with E-state index in [0.717, 1.165) is 29.2 Å². The largest absolute Gasteiger partial charge is 0.497 e. The van der Waals surface area contributed by atoms with Crippen LogP contribution in [0.4, 0.5) is 0 Å². The summed E-state index contributed by atoms with van der Waals surface area (Å²) in [7, 11) is 1.61. The van der Waals surface area contributed by atoms with Crippen LogP contribution in [0, 0.1) is 5.92 Å². The van der Waals surface area contributed by atoms with Gasteiger partial charge < -0.3 is 14.7 Å². The Hall–Kier alpha value is -2.41. The third-order valence-electron chi connectivity index (χ3n) is 4.19. The van der Waals surface area contributed by atoms with Crippen molar-refractivity contribution in [2.24, 2.45) is 5.92 Å². The zero-order valence-corrected chi connectivity index (χ0v) is 15.0. The van der Waals surface area contributed by atoms with E-state index in [9.17, 15) is 9.59 Å². The van der Waals surface area contributed by atoms with E-state index < -0.39 is 11.9 Å². The highest BCUT2D eigenvalue weighted by atomic mass is 32.1. The van der Waals surface area contributed by atoms with Gasteiger partial charge in [-0.25, -0.2) is 4.98 Å². The zero-order chi connectivity index (χ0) is 18.0. The molecule has 1 aromatic carbocycles. The topological polar surface area (TPSA) is 79.7 Å². The maximum atomic E-state index is 12.8. The van der Waals surface area contributed by atoms with E-state index >= 15 is 0 Å². The van der Waals surface area contributed by atoms with E-state index in [-0.39, 0.29) is 18.5 Å². The highest BCUT2D eigenvalue weighted by molar-refractivity contribution is 7.16. The number of carbonyl (C=O) groups is 2. The van der Waals surface area contributed by atoms with E-state index in [4.69, 9.17) is 9.84 Å². The molecule has 2 aromatic rings. The van der Waals surface area contributed by atoms with Gasteiger partial charge in [-0.2, -0.15) is 0 Å². The molecule has 6 nitrogen and oxygen atoms in total. The van der Waals surface area contributed by atoms with Crippen molar-refractivity contribution in [2.45, 2.75) is 25.8 Å². The Balaban J connectivity index is 1.77. The summed E-state index contributed by atoms with van der Waals surface area (Å²) in [5, 5.41) is 9.88. The van der Waals surface area contributed by atoms with Crippen LogP contribution in [0.3, 0.4) is 0 Å². The maximum absolute atomic E-state index is 12.8. The van der Waals surface area contributed by atoms with Crippen molar-refractivity contribution >= 4 is 23.2 Å². The number of ether oxygens (including phenoxy) is 1. The summed E-state index contributed by atoms with van der Waals surface area (Å²) in [5.41, 5.74) is 0.918. The fraction of sp³-hybridized carbons (Fsp3) is 0.389. The molecule has 25 heavy (non-hydrogen) atoms. The van der Waals surface area contributed by atoms with Gasteiger partial charge in [0.2, 0.25) is 0 Å². The van der Waals surface area contributed by atoms with Crippen molar-refractivity contribution in [2.75, 3.05) is 13.7 Å². The summed E-state index contributed by atoms with van der Waals surface area (Å²) in [4.78, 5) is 30.5. The van der Waals surface area contributed by atoms with E-state index in [1.54, 1.807) is 25.1 Å². The molecule has 0 bridgehead atoms. The molecule has 0 radical (unpaired) electrons. The number of carboxylic acids is 1. The normalized spacial score (nSPS) is 14.8. The molecule has 7 heteroatoms. The van der Waals surface area contributed by atoms with Gasteiger partial charge in [-0.05, 0) is 37.1 Å². The van der Waals surface area contributed by atoms with E-state index in [1.165, 1.54) is 11.3 Å². The van der Waals surface area contributed by atoms with Crippen LogP contribution in [0.2, 0.25) is 0 Å². The van der Waals surface area contributed by atoms with Crippen LogP contribution in [0.15, 0.2) is 30.5 Å². The predicted molar refractivity (Wildman–Crippen MR) is 95.0 cm³/mol. The predicted octanol–water partition coefficient (Wildman–Crippen LogP) is 3.14. The molecule has 132 valence electrons. The Morgan fingerprint density at radius 1 is 1.36 bits per heavy atom. The molecule has 1 N–H and O–H groups in total. The first kappa shape index (κ1) is 17.4. The lowest BCUT2D eigenvalue weighted by molar-refractivity contribution is -0.141. The third kappa shape index (κ3) is 3.99. The van der Waals surface area contributed by atoms with Gasteiger partial charge in [0.15, 0.2) is 0 Å². The monoisotopic (exact) mass is 360 g/mol. The summed E-state index contributed by atoms with van der Waals surface area (Å²) < 4.78 is 5.14. The van der Waals surface area contributed by atoms with E-state index in [0.29, 0.717) is 4.88 Å². The van der Waals surface area contributed by atoms with Crippen molar-refractivity contribution in [3.8, 4) is 16.3 Å². The number of thiazole rings is 1. The molecule has 1 heterocycles. The molecule has 0 spiro atoms. The molecule has 1 aliphatic rings. The summed E-state index contributed by atoms with van der Waals surface area (Å²) in [5.74, 6) is -0.841. The fourth-order valence-electron chi connectivity index (χ4n) is 2.54. The lowest BCUT2D eigenvalue weighted by atomic mass is 10.1. The second kappa shape index (κ2) is 7.23. The number of methoxy groups -OCH3 is 1. The lowest BCUT2D eigenvalue weighted by Gasteiger charge is -2.23. The van der Waals surface area contributed by atoms with Crippen LogP contribution >= 0.6 is 11.3 Å². The maximum Gasteiger partial charge on any atom is 0.308 e. The van der Waals surface area contributed by atoms with Crippen molar-refractivity contribution in [3.63, 3.8) is 0 Å². The SMILES string of the molecule is COc1ccc(-c2ncc(C(=O)N(CC(C)C(=O)O)C3CC3)s2)cc1. The Labute approximate surface area is 150 Å². The number of aromatic nitrogens is 1. The molecule has 1 aromatic heterocycles. The number of aliphatic carboxylic acids is 1. The molecular formula is C18H20N2O4S. The van der Waals surface area contributed by atoms with Crippen LogP contribution in [0.1, 0.15) is 29.4 Å². The average Bonchev–Trinajstić information content (AvgIpc) is 3.34. The Kier molecular flexibility index (Phi) is 5.03. The molecule has 1 fully saturated rings. The first-order valence-electron chi connectivity index (χ1n) is 8.13. The van der Waals surface area contributed by atoms with E-state index in [2.05, 4.69) is 4.98 Å². The van der Waals surface area contributed by atoms with Gasteiger partial charge in [0.05, 0.1) is 19.2 Å². The van der Waals surface area contributed by atoms with Gasteiger partial charge in [0.1, 0.15) is 15.6 Å². The molecule has 0 aliphatic heterocycles. The molecule has 3 rings (SSSR count). The number of amides is 1. The summed E-state index contributed by atoms with van der Waals surface area (Å²) in [6.07, 6.45) is 3.44. The minimum absolute atomic E-state index is 0.132. The van der Waals surface area contributed by atoms with Crippen molar-refractivity contribution in [1.82, 2.24) is 9.88 Å². The highest BCUT2D eigenvalue weighted by Crippen LogP contribution is 2.32. The molecule has 1 aliphatic carbocycles. The quantitative estimate of drug-likeness (QED) is 0.820. The minimum atomic E-state index is -0.887. The Morgan fingerprint density at radius 3 is 2.60 bits per heavy atom. The summed E-state index contributed by atoms with van der Waals surface area (Å²) >= 11 is 1.33. The molecule has 1 atom stereocenters. The third-order valence-corrected chi connectivity index (χ3v) is 5.23. The Morgan fingerprint density at radius 2 is 2.04 bits per heavy atom. The molecule has 0 saturated heterocycles. The van der Waals surface area contributed by atoms with Gasteiger partial charge >= 0.3 is 5.97 Å². The number of rotatable bonds is 7. The van der Waals surface area contributed by atoms with E-state index in [1.807, 2.05) is 24.3 Å². The van der Waals surface area contributed by atoms with Gasteiger partial charge in [0.25, 0.3) is 5.91 Å². The van der Waals surface area contributed by atoms with Gasteiger partial charge in [-0.3, -0.25) is 9.59 Å². The lowest BCUT2D eigenvalue weighted by Crippen LogP contribution is -2.38. The second-order valence-electron chi connectivity index (χ2n) is 6.19.